The van der Waals surface area contributed by atoms with Gasteiger partial charge in [-0.25, -0.2) is 13.8 Å². The Kier molecular flexibility index (Phi) is 5.01. The van der Waals surface area contributed by atoms with Crippen LogP contribution in [0.4, 0.5) is 14.7 Å². The molecule has 2 aliphatic rings. The maximum atomic E-state index is 14.0. The van der Waals surface area contributed by atoms with Crippen LogP contribution in [0.2, 0.25) is 0 Å². The molecule has 0 radical (unpaired) electrons. The lowest BCUT2D eigenvalue weighted by atomic mass is 9.96. The van der Waals surface area contributed by atoms with Gasteiger partial charge < -0.3 is 24.6 Å². The minimum atomic E-state index is -3.38. The summed E-state index contributed by atoms with van der Waals surface area (Å²) in [6, 6.07) is 0. The number of aromatic nitrogens is 4. The van der Waals surface area contributed by atoms with Gasteiger partial charge in [0.1, 0.15) is 12.2 Å². The Morgan fingerprint density at radius 3 is 2.93 bits per heavy atom. The summed E-state index contributed by atoms with van der Waals surface area (Å²) in [5, 5.41) is 10.8. The minimum absolute atomic E-state index is 0.0443. The third-order valence-corrected chi connectivity index (χ3v) is 6.99. The van der Waals surface area contributed by atoms with Gasteiger partial charge in [-0.3, -0.25) is 18.9 Å². The smallest absolute Gasteiger partial charge is 0.328 e. The number of H-pyrrole nitrogens is 1. The lowest BCUT2D eigenvalue weighted by Crippen LogP contribution is -2.56. The first-order chi connectivity index (χ1) is 13.6. The fourth-order valence-electron chi connectivity index (χ4n) is 3.32. The maximum absolute atomic E-state index is 14.0. The molecule has 2 aromatic rings. The van der Waals surface area contributed by atoms with Gasteiger partial charge in [0.25, 0.3) is 12.0 Å². The number of aliphatic hydroxyl groups excluding tert-OH is 1. The van der Waals surface area contributed by atoms with Crippen LogP contribution in [0.5, 0.6) is 0 Å². The lowest BCUT2D eigenvalue weighted by Gasteiger charge is -2.41. The Morgan fingerprint density at radius 1 is 1.55 bits per heavy atom. The number of aliphatic hydroxyl groups is 1. The van der Waals surface area contributed by atoms with Gasteiger partial charge in [-0.05, 0) is 25.7 Å². The van der Waals surface area contributed by atoms with Crippen molar-refractivity contribution in [3.05, 3.63) is 16.7 Å². The predicted molar refractivity (Wildman–Crippen MR) is 98.8 cm³/mol. The second-order valence-electron chi connectivity index (χ2n) is 6.93. The molecular formula is C14H18F2N5O6PS. The molecule has 2 fully saturated rings. The number of hydrogen-bond donors (Lipinski definition) is 3. The molecule has 29 heavy (non-hydrogen) atoms. The molecule has 0 bridgehead atoms. The lowest BCUT2D eigenvalue weighted by molar-refractivity contribution is -0.204. The second kappa shape index (κ2) is 7.01. The molecule has 5 unspecified atom stereocenters. The highest BCUT2D eigenvalue weighted by Crippen LogP contribution is 2.61. The van der Waals surface area contributed by atoms with Gasteiger partial charge >= 0.3 is 6.72 Å². The van der Waals surface area contributed by atoms with E-state index >= 15 is 0 Å². The molecule has 2 saturated heterocycles. The van der Waals surface area contributed by atoms with Crippen molar-refractivity contribution in [2.24, 2.45) is 0 Å². The Bertz CT molecular complexity index is 1050. The van der Waals surface area contributed by atoms with Gasteiger partial charge in [-0.1, -0.05) is 0 Å². The summed E-state index contributed by atoms with van der Waals surface area (Å²) in [4.78, 5) is 22.1. The number of ether oxygens (including phenoxy) is 1. The SMILES string of the molecule is CC(C)OP1(=S)OCC2(C(F)F)OC(n3cnc4c(=O)[nH]c(N)nc43)C(O)C2O1. The van der Waals surface area contributed by atoms with Crippen molar-refractivity contribution in [1.82, 2.24) is 19.5 Å². The van der Waals surface area contributed by atoms with Gasteiger partial charge in [-0.2, -0.15) is 4.98 Å². The van der Waals surface area contributed by atoms with Crippen molar-refractivity contribution in [1.29, 1.82) is 0 Å². The summed E-state index contributed by atoms with van der Waals surface area (Å²) >= 11 is 5.23. The number of fused-ring (bicyclic) bond motifs is 2. The number of nitrogens with zero attached hydrogens (tertiary/aromatic N) is 3. The second-order valence-corrected chi connectivity index (χ2v) is 9.85. The first kappa shape index (κ1) is 20.7. The van der Waals surface area contributed by atoms with Crippen LogP contribution in [-0.2, 0) is 30.1 Å². The van der Waals surface area contributed by atoms with E-state index in [1.54, 1.807) is 13.8 Å². The number of rotatable bonds is 4. The molecule has 5 atom stereocenters. The molecular weight excluding hydrogens is 435 g/mol. The minimum Gasteiger partial charge on any atom is -0.386 e. The number of nitrogens with two attached hydrogens (primary N) is 1. The zero-order valence-corrected chi connectivity index (χ0v) is 16.9. The first-order valence-electron chi connectivity index (χ1n) is 8.54. The highest BCUT2D eigenvalue weighted by atomic mass is 32.5. The van der Waals surface area contributed by atoms with Crippen molar-refractivity contribution in [3.8, 4) is 0 Å². The van der Waals surface area contributed by atoms with Crippen LogP contribution in [0, 0.1) is 0 Å². The average Bonchev–Trinajstić information content (AvgIpc) is 3.14. The van der Waals surface area contributed by atoms with E-state index in [0.29, 0.717) is 0 Å². The monoisotopic (exact) mass is 453 g/mol. The highest BCUT2D eigenvalue weighted by molar-refractivity contribution is 8.07. The number of alkyl halides is 2. The summed E-state index contributed by atoms with van der Waals surface area (Å²) in [7, 11) is 0. The molecule has 15 heteroatoms. The Hall–Kier alpha value is -1.54. The van der Waals surface area contributed by atoms with Gasteiger partial charge in [0.05, 0.1) is 19.0 Å². The third-order valence-electron chi connectivity index (χ3n) is 4.55. The van der Waals surface area contributed by atoms with Crippen LogP contribution < -0.4 is 11.3 Å². The molecule has 0 spiro atoms. The highest BCUT2D eigenvalue weighted by Gasteiger charge is 2.66. The number of hydrogen-bond acceptors (Lipinski definition) is 10. The molecule has 160 valence electrons. The number of imidazole rings is 1. The summed E-state index contributed by atoms with van der Waals surface area (Å²) in [5.41, 5.74) is 2.50. The van der Waals surface area contributed by atoms with Gasteiger partial charge in [-0.15, -0.1) is 0 Å². The number of nitrogens with one attached hydrogen (secondary N) is 1. The van der Waals surface area contributed by atoms with Crippen LogP contribution in [0.15, 0.2) is 11.1 Å². The van der Waals surface area contributed by atoms with Crippen molar-refractivity contribution in [2.45, 2.75) is 50.4 Å². The van der Waals surface area contributed by atoms with E-state index in [-0.39, 0.29) is 23.2 Å². The molecule has 4 N–H and O–H groups in total. The largest absolute Gasteiger partial charge is 0.386 e. The van der Waals surface area contributed by atoms with Crippen LogP contribution in [-0.4, -0.2) is 61.6 Å². The maximum Gasteiger partial charge on any atom is 0.328 e. The van der Waals surface area contributed by atoms with E-state index in [1.807, 2.05) is 0 Å². The topological polar surface area (TPSA) is 147 Å². The van der Waals surface area contributed by atoms with Crippen molar-refractivity contribution in [3.63, 3.8) is 0 Å². The number of nitrogen functional groups attached to an aromatic ring is 1. The van der Waals surface area contributed by atoms with Gasteiger partial charge in [0, 0.05) is 0 Å². The van der Waals surface area contributed by atoms with E-state index in [4.69, 9.17) is 35.8 Å². The average molecular weight is 453 g/mol. The summed E-state index contributed by atoms with van der Waals surface area (Å²) < 4.78 is 51.1. The van der Waals surface area contributed by atoms with Crippen LogP contribution in [0.25, 0.3) is 11.2 Å². The van der Waals surface area contributed by atoms with E-state index in [2.05, 4.69) is 15.0 Å². The molecule has 0 amide bonds. The summed E-state index contributed by atoms with van der Waals surface area (Å²) in [6.07, 6.45) is -6.87. The van der Waals surface area contributed by atoms with Gasteiger partial charge in [0.15, 0.2) is 23.0 Å². The van der Waals surface area contributed by atoms with Crippen molar-refractivity contribution >= 4 is 35.6 Å². The molecule has 2 aliphatic heterocycles. The van der Waals surface area contributed by atoms with Gasteiger partial charge in [0.2, 0.25) is 5.95 Å². The van der Waals surface area contributed by atoms with Crippen molar-refractivity contribution < 1.29 is 32.2 Å². The van der Waals surface area contributed by atoms with Crippen molar-refractivity contribution in [2.75, 3.05) is 12.3 Å². The van der Waals surface area contributed by atoms with Crippen LogP contribution in [0.1, 0.15) is 20.1 Å². The first-order valence-corrected chi connectivity index (χ1v) is 11.1. The molecule has 2 aromatic heterocycles. The Labute approximate surface area is 167 Å². The van der Waals surface area contributed by atoms with Crippen LogP contribution in [0.3, 0.4) is 0 Å². The van der Waals surface area contributed by atoms with E-state index in [0.717, 1.165) is 10.9 Å². The molecule has 0 aliphatic carbocycles. The molecule has 11 nitrogen and oxygen atoms in total. The molecule has 4 heterocycles. The molecule has 4 rings (SSSR count). The third kappa shape index (κ3) is 3.28. The Balaban J connectivity index is 1.76. The van der Waals surface area contributed by atoms with Crippen LogP contribution >= 0.6 is 6.72 Å². The summed E-state index contributed by atoms with van der Waals surface area (Å²) in [5.74, 6) is -0.210. The zero-order valence-electron chi connectivity index (χ0n) is 15.2. The van der Waals surface area contributed by atoms with E-state index in [1.165, 1.54) is 0 Å². The quantitative estimate of drug-likeness (QED) is 0.564. The fourth-order valence-corrected chi connectivity index (χ4v) is 5.90. The Morgan fingerprint density at radius 2 is 2.28 bits per heavy atom. The summed E-state index contributed by atoms with van der Waals surface area (Å²) in [6.45, 7) is -0.653. The van der Waals surface area contributed by atoms with E-state index in [9.17, 15) is 18.7 Å². The standard InChI is InChI=1S/C14H18F2N5O6PS/c1-5(2)26-28(29)24-3-14(12(15)16)8(27-28)7(22)11(25-14)21-4-18-6-9(21)19-13(17)20-10(6)23/h4-5,7-8,11-12,22H,3H2,1-2H3,(H3,17,19,20,23). The zero-order chi connectivity index (χ0) is 21.1. The number of aromatic amines is 1. The molecule has 0 aromatic carbocycles. The predicted octanol–water partition coefficient (Wildman–Crippen LogP) is 0.660. The fraction of sp³-hybridized carbons (Fsp3) is 0.643. The number of anilines is 1. The number of halogens is 2. The van der Waals surface area contributed by atoms with E-state index < -0.39 is 49.3 Å². The molecule has 0 saturated carbocycles. The normalized spacial score (nSPS) is 34.9.